The molecule has 0 saturated carbocycles. The number of thiazole rings is 1. The van der Waals surface area contributed by atoms with Crippen molar-refractivity contribution in [1.82, 2.24) is 10.3 Å². The maximum Gasteiger partial charge on any atom is 0.336 e. The van der Waals surface area contributed by atoms with Crippen molar-refractivity contribution in [3.8, 4) is 0 Å². The lowest BCUT2D eigenvalue weighted by Crippen LogP contribution is -2.45. The number of nitrogens with one attached hydrogen (secondary N) is 1. The van der Waals surface area contributed by atoms with Crippen LogP contribution in [0.5, 0.6) is 0 Å². The monoisotopic (exact) mass is 244 g/mol. The van der Waals surface area contributed by atoms with Gasteiger partial charge in [-0.15, -0.1) is 11.3 Å². The Kier molecular flexibility index (Phi) is 4.40. The van der Waals surface area contributed by atoms with Crippen LogP contribution in [0.2, 0.25) is 0 Å². The second-order valence-electron chi connectivity index (χ2n) is 3.79. The lowest BCUT2D eigenvalue weighted by atomic mass is 10.1. The molecule has 0 aliphatic rings. The molecular formula is C10H16N2O3S. The Bertz CT molecular complexity index is 338. The minimum atomic E-state index is -1.75. The predicted molar refractivity (Wildman–Crippen MR) is 61.4 cm³/mol. The smallest absolute Gasteiger partial charge is 0.336 e. The van der Waals surface area contributed by atoms with Gasteiger partial charge in [0.25, 0.3) is 0 Å². The molecule has 5 nitrogen and oxygen atoms in total. The Morgan fingerprint density at radius 3 is 2.88 bits per heavy atom. The zero-order chi connectivity index (χ0) is 12.2. The van der Waals surface area contributed by atoms with Crippen molar-refractivity contribution < 1.29 is 15.0 Å². The highest BCUT2D eigenvalue weighted by Gasteiger charge is 2.30. The quantitative estimate of drug-likeness (QED) is 0.696. The molecule has 0 saturated heterocycles. The van der Waals surface area contributed by atoms with E-state index in [-0.39, 0.29) is 12.6 Å². The Labute approximate surface area is 98.1 Å². The van der Waals surface area contributed by atoms with E-state index in [0.29, 0.717) is 0 Å². The van der Waals surface area contributed by atoms with Gasteiger partial charge in [0.2, 0.25) is 0 Å². The second kappa shape index (κ2) is 5.38. The number of aromatic nitrogens is 1. The van der Waals surface area contributed by atoms with Crippen LogP contribution in [0.3, 0.4) is 0 Å². The molecule has 0 amide bonds. The number of aliphatic carboxylic acids is 1. The maximum atomic E-state index is 10.7. The number of nitrogens with zero attached hydrogens (tertiary/aromatic N) is 1. The highest BCUT2D eigenvalue weighted by atomic mass is 32.1. The molecule has 0 spiro atoms. The highest BCUT2D eigenvalue weighted by Crippen LogP contribution is 2.19. The van der Waals surface area contributed by atoms with E-state index in [9.17, 15) is 9.90 Å². The summed E-state index contributed by atoms with van der Waals surface area (Å²) >= 11 is 1.51. The number of hydrogen-bond donors (Lipinski definition) is 3. The summed E-state index contributed by atoms with van der Waals surface area (Å²) in [6.07, 6.45) is 2.50. The van der Waals surface area contributed by atoms with E-state index in [1.807, 2.05) is 12.3 Å². The molecule has 16 heavy (non-hydrogen) atoms. The first-order chi connectivity index (χ1) is 7.47. The Morgan fingerprint density at radius 2 is 2.44 bits per heavy atom. The van der Waals surface area contributed by atoms with Gasteiger partial charge in [0.05, 0.1) is 6.04 Å². The molecule has 0 bridgehead atoms. The van der Waals surface area contributed by atoms with Crippen molar-refractivity contribution >= 4 is 17.3 Å². The third kappa shape index (κ3) is 3.26. The van der Waals surface area contributed by atoms with Crippen LogP contribution in [0.4, 0.5) is 0 Å². The zero-order valence-corrected chi connectivity index (χ0v) is 10.1. The largest absolute Gasteiger partial charge is 0.479 e. The van der Waals surface area contributed by atoms with Crippen LogP contribution in [0.15, 0.2) is 11.6 Å². The Morgan fingerprint density at radius 1 is 1.75 bits per heavy atom. The molecule has 0 aliphatic carbocycles. The summed E-state index contributed by atoms with van der Waals surface area (Å²) < 4.78 is 0. The molecule has 0 aromatic carbocycles. The third-order valence-electron chi connectivity index (χ3n) is 2.31. The number of rotatable bonds is 6. The number of carbonyl (C=O) groups is 1. The first kappa shape index (κ1) is 13.1. The van der Waals surface area contributed by atoms with Gasteiger partial charge in [0, 0.05) is 18.1 Å². The molecule has 1 aromatic heterocycles. The van der Waals surface area contributed by atoms with Gasteiger partial charge in [-0.3, -0.25) is 0 Å². The van der Waals surface area contributed by atoms with Crippen LogP contribution in [-0.4, -0.2) is 33.3 Å². The average Bonchev–Trinajstić information content (AvgIpc) is 2.71. The summed E-state index contributed by atoms with van der Waals surface area (Å²) in [4.78, 5) is 14.9. The fourth-order valence-electron chi connectivity index (χ4n) is 1.21. The molecule has 1 rings (SSSR count). The van der Waals surface area contributed by atoms with Crippen LogP contribution in [-0.2, 0) is 4.79 Å². The standard InChI is InChI=1S/C10H16N2O3S/c1-3-7(8-11-4-5-16-8)12-6-10(2,15)9(13)14/h4-5,7,12,15H,3,6H2,1-2H3,(H,13,14). The van der Waals surface area contributed by atoms with Crippen molar-refractivity contribution in [3.05, 3.63) is 16.6 Å². The van der Waals surface area contributed by atoms with Gasteiger partial charge in [-0.1, -0.05) is 6.92 Å². The van der Waals surface area contributed by atoms with Gasteiger partial charge in [-0.2, -0.15) is 0 Å². The summed E-state index contributed by atoms with van der Waals surface area (Å²) in [6.45, 7) is 3.26. The number of carboxylic acids is 1. The second-order valence-corrected chi connectivity index (χ2v) is 4.72. The molecule has 90 valence electrons. The zero-order valence-electron chi connectivity index (χ0n) is 9.30. The first-order valence-electron chi connectivity index (χ1n) is 5.06. The van der Waals surface area contributed by atoms with E-state index in [1.54, 1.807) is 6.20 Å². The van der Waals surface area contributed by atoms with Crippen LogP contribution >= 0.6 is 11.3 Å². The average molecular weight is 244 g/mol. The minimum absolute atomic E-state index is 0.000417. The predicted octanol–water partition coefficient (Wildman–Crippen LogP) is 1.02. The van der Waals surface area contributed by atoms with E-state index in [2.05, 4.69) is 10.3 Å². The normalized spacial score (nSPS) is 16.7. The molecule has 1 heterocycles. The van der Waals surface area contributed by atoms with Crippen LogP contribution < -0.4 is 5.32 Å². The molecule has 2 unspecified atom stereocenters. The fourth-order valence-corrected chi connectivity index (χ4v) is 2.01. The van der Waals surface area contributed by atoms with Crippen LogP contribution in [0, 0.1) is 0 Å². The van der Waals surface area contributed by atoms with Crippen molar-refractivity contribution in [2.75, 3.05) is 6.54 Å². The van der Waals surface area contributed by atoms with E-state index in [4.69, 9.17) is 5.11 Å². The Hall–Kier alpha value is -0.980. The molecule has 2 atom stereocenters. The fraction of sp³-hybridized carbons (Fsp3) is 0.600. The van der Waals surface area contributed by atoms with Crippen LogP contribution in [0.1, 0.15) is 31.3 Å². The maximum absolute atomic E-state index is 10.7. The molecule has 0 fully saturated rings. The summed E-state index contributed by atoms with van der Waals surface area (Å²) in [5, 5.41) is 24.1. The summed E-state index contributed by atoms with van der Waals surface area (Å²) in [5.74, 6) is -1.23. The van der Waals surface area contributed by atoms with Crippen molar-refractivity contribution in [1.29, 1.82) is 0 Å². The number of hydrogen-bond acceptors (Lipinski definition) is 5. The molecule has 0 radical (unpaired) electrons. The number of aliphatic hydroxyl groups is 1. The molecule has 3 N–H and O–H groups in total. The van der Waals surface area contributed by atoms with Crippen molar-refractivity contribution in [2.45, 2.75) is 31.9 Å². The summed E-state index contributed by atoms with van der Waals surface area (Å²) in [7, 11) is 0. The van der Waals surface area contributed by atoms with E-state index in [0.717, 1.165) is 11.4 Å². The third-order valence-corrected chi connectivity index (χ3v) is 3.20. The van der Waals surface area contributed by atoms with E-state index >= 15 is 0 Å². The summed E-state index contributed by atoms with van der Waals surface area (Å²) in [6, 6.07) is -0.00850. The van der Waals surface area contributed by atoms with Gasteiger partial charge in [0.1, 0.15) is 5.01 Å². The highest BCUT2D eigenvalue weighted by molar-refractivity contribution is 7.09. The van der Waals surface area contributed by atoms with Crippen LogP contribution in [0.25, 0.3) is 0 Å². The lowest BCUT2D eigenvalue weighted by molar-refractivity contribution is -0.156. The van der Waals surface area contributed by atoms with E-state index < -0.39 is 11.6 Å². The SMILES string of the molecule is CCC(NCC(C)(O)C(=O)O)c1nccs1. The summed E-state index contributed by atoms with van der Waals surface area (Å²) in [5.41, 5.74) is -1.75. The van der Waals surface area contributed by atoms with E-state index in [1.165, 1.54) is 18.3 Å². The topological polar surface area (TPSA) is 82.5 Å². The molecule has 1 aromatic rings. The number of carboxylic acid groups (broad SMARTS) is 1. The Balaban J connectivity index is 2.56. The van der Waals surface area contributed by atoms with Gasteiger partial charge >= 0.3 is 5.97 Å². The first-order valence-corrected chi connectivity index (χ1v) is 5.94. The molecular weight excluding hydrogens is 228 g/mol. The van der Waals surface area contributed by atoms with Gasteiger partial charge in [0.15, 0.2) is 5.60 Å². The van der Waals surface area contributed by atoms with Gasteiger partial charge in [-0.25, -0.2) is 9.78 Å². The molecule has 0 aliphatic heterocycles. The lowest BCUT2D eigenvalue weighted by Gasteiger charge is -2.22. The van der Waals surface area contributed by atoms with Gasteiger partial charge < -0.3 is 15.5 Å². The van der Waals surface area contributed by atoms with Gasteiger partial charge in [-0.05, 0) is 13.3 Å². The van der Waals surface area contributed by atoms with Crippen molar-refractivity contribution in [2.24, 2.45) is 0 Å². The minimum Gasteiger partial charge on any atom is -0.479 e. The molecule has 6 heteroatoms. The van der Waals surface area contributed by atoms with Crippen molar-refractivity contribution in [3.63, 3.8) is 0 Å².